The van der Waals surface area contributed by atoms with Crippen molar-refractivity contribution in [3.05, 3.63) is 64.4 Å². The highest BCUT2D eigenvalue weighted by Gasteiger charge is 2.38. The average molecular weight is 374 g/mol. The highest BCUT2D eigenvalue weighted by molar-refractivity contribution is 9.10. The first kappa shape index (κ1) is 14.3. The van der Waals surface area contributed by atoms with Crippen molar-refractivity contribution in [2.75, 3.05) is 5.73 Å². The van der Waals surface area contributed by atoms with Gasteiger partial charge >= 0.3 is 0 Å². The van der Waals surface area contributed by atoms with Crippen LogP contribution in [0.1, 0.15) is 12.5 Å². The summed E-state index contributed by atoms with van der Waals surface area (Å²) in [7, 11) is 0. The number of benzene rings is 3. The lowest BCUT2D eigenvalue weighted by Crippen LogP contribution is -2.31. The molecule has 3 nitrogen and oxygen atoms in total. The van der Waals surface area contributed by atoms with Gasteiger partial charge in [0.1, 0.15) is 5.82 Å². The second kappa shape index (κ2) is 4.86. The summed E-state index contributed by atoms with van der Waals surface area (Å²) in [4.78, 5) is 0. The summed E-state index contributed by atoms with van der Waals surface area (Å²) in [6, 6.07) is 13.8. The van der Waals surface area contributed by atoms with Gasteiger partial charge in [0, 0.05) is 22.6 Å². The van der Waals surface area contributed by atoms with E-state index in [1.165, 1.54) is 12.1 Å². The molecule has 1 unspecified atom stereocenters. The van der Waals surface area contributed by atoms with Gasteiger partial charge in [-0.2, -0.15) is 0 Å². The number of fused-ring (bicyclic) bond motifs is 2. The Hall–Kier alpha value is -2.27. The monoisotopic (exact) mass is 373 g/mol. The van der Waals surface area contributed by atoms with Gasteiger partial charge < -0.3 is 15.2 Å². The molecule has 0 fully saturated rings. The molecule has 2 N–H and O–H groups in total. The van der Waals surface area contributed by atoms with Gasteiger partial charge in [-0.05, 0) is 75.2 Å². The van der Waals surface area contributed by atoms with E-state index < -0.39 is 5.79 Å². The molecule has 0 aromatic heterocycles. The number of rotatable bonds is 1. The molecule has 0 saturated carbocycles. The maximum atomic E-state index is 13.1. The Labute approximate surface area is 140 Å². The van der Waals surface area contributed by atoms with Crippen LogP contribution >= 0.6 is 15.9 Å². The van der Waals surface area contributed by atoms with Gasteiger partial charge in [-0.1, -0.05) is 0 Å². The Morgan fingerprint density at radius 2 is 1.52 bits per heavy atom. The van der Waals surface area contributed by atoms with Crippen LogP contribution in [0.15, 0.2) is 53.0 Å². The van der Waals surface area contributed by atoms with Gasteiger partial charge in [-0.3, -0.25) is 0 Å². The normalized spacial score (nSPS) is 19.3. The fourth-order valence-corrected chi connectivity index (χ4v) is 3.13. The van der Waals surface area contributed by atoms with E-state index in [0.29, 0.717) is 17.2 Å². The van der Waals surface area contributed by atoms with Crippen molar-refractivity contribution in [1.29, 1.82) is 0 Å². The molecule has 3 aromatic carbocycles. The van der Waals surface area contributed by atoms with E-state index in [2.05, 4.69) is 15.9 Å². The van der Waals surface area contributed by atoms with Crippen LogP contribution in [-0.2, 0) is 5.79 Å². The third-order valence-corrected chi connectivity index (χ3v) is 4.68. The zero-order valence-corrected chi connectivity index (χ0v) is 13.9. The molecule has 0 saturated heterocycles. The van der Waals surface area contributed by atoms with Crippen molar-refractivity contribution in [3.8, 4) is 11.5 Å². The predicted octanol–water partition coefficient (Wildman–Crippen LogP) is 4.97. The second-order valence-electron chi connectivity index (χ2n) is 5.68. The van der Waals surface area contributed by atoms with Gasteiger partial charge in [0.25, 0.3) is 5.79 Å². The number of anilines is 1. The van der Waals surface area contributed by atoms with Gasteiger partial charge in [0.15, 0.2) is 11.5 Å². The first-order valence-electron chi connectivity index (χ1n) is 7.11. The molecule has 1 aliphatic rings. The van der Waals surface area contributed by atoms with Crippen LogP contribution < -0.4 is 15.2 Å². The van der Waals surface area contributed by atoms with E-state index in [1.807, 2.05) is 31.2 Å². The summed E-state index contributed by atoms with van der Waals surface area (Å²) in [5, 5.41) is 1.97. The summed E-state index contributed by atoms with van der Waals surface area (Å²) in [6.45, 7) is 1.81. The number of halogens is 2. The molecule has 4 rings (SSSR count). The quantitative estimate of drug-likeness (QED) is 0.612. The van der Waals surface area contributed by atoms with E-state index in [0.717, 1.165) is 20.8 Å². The van der Waals surface area contributed by atoms with Gasteiger partial charge in [0.2, 0.25) is 0 Å². The molecule has 0 radical (unpaired) electrons. The Kier molecular flexibility index (Phi) is 3.03. The van der Waals surface area contributed by atoms with Crippen molar-refractivity contribution < 1.29 is 13.9 Å². The molecule has 1 atom stereocenters. The van der Waals surface area contributed by atoms with Crippen molar-refractivity contribution >= 4 is 32.4 Å². The Bertz CT molecular complexity index is 874. The number of nitrogen functional groups attached to an aromatic ring is 1. The molecule has 23 heavy (non-hydrogen) atoms. The lowest BCUT2D eigenvalue weighted by molar-refractivity contribution is -0.0680. The second-order valence-corrected chi connectivity index (χ2v) is 6.53. The van der Waals surface area contributed by atoms with Crippen molar-refractivity contribution in [2.24, 2.45) is 0 Å². The Balaban J connectivity index is 1.79. The lowest BCUT2D eigenvalue weighted by atomic mass is 10.1. The highest BCUT2D eigenvalue weighted by Crippen LogP contribution is 2.46. The van der Waals surface area contributed by atoms with Crippen molar-refractivity contribution in [3.63, 3.8) is 0 Å². The van der Waals surface area contributed by atoms with Crippen LogP contribution in [0.4, 0.5) is 10.1 Å². The molecule has 1 aliphatic heterocycles. The maximum Gasteiger partial charge on any atom is 0.275 e. The van der Waals surface area contributed by atoms with E-state index in [9.17, 15) is 4.39 Å². The molecule has 0 amide bonds. The molecule has 116 valence electrons. The van der Waals surface area contributed by atoms with Crippen LogP contribution in [0.2, 0.25) is 0 Å². The van der Waals surface area contributed by atoms with Crippen LogP contribution in [0, 0.1) is 5.82 Å². The smallest absolute Gasteiger partial charge is 0.275 e. The molecule has 3 aromatic rings. The van der Waals surface area contributed by atoms with Gasteiger partial charge in [-0.25, -0.2) is 4.39 Å². The van der Waals surface area contributed by atoms with Gasteiger partial charge in [-0.15, -0.1) is 0 Å². The van der Waals surface area contributed by atoms with Crippen LogP contribution in [0.3, 0.4) is 0 Å². The molecule has 0 spiro atoms. The molecule has 0 bridgehead atoms. The Morgan fingerprint density at radius 3 is 2.13 bits per heavy atom. The zero-order chi connectivity index (χ0) is 16.2. The third kappa shape index (κ3) is 2.32. The number of nitrogens with two attached hydrogens (primary N) is 1. The highest BCUT2D eigenvalue weighted by atomic mass is 79.9. The molecular formula is C18H13BrFNO2. The third-order valence-electron chi connectivity index (χ3n) is 4.00. The summed E-state index contributed by atoms with van der Waals surface area (Å²) in [5.74, 6) is 0.0295. The number of hydrogen-bond donors (Lipinski definition) is 1. The average Bonchev–Trinajstić information content (AvgIpc) is 2.83. The molecule has 0 aliphatic carbocycles. The number of ether oxygens (including phenoxy) is 2. The zero-order valence-electron chi connectivity index (χ0n) is 12.3. The maximum absolute atomic E-state index is 13.1. The molecule has 5 heteroatoms. The molecule has 1 heterocycles. The summed E-state index contributed by atoms with van der Waals surface area (Å²) in [6.07, 6.45) is 0. The topological polar surface area (TPSA) is 44.5 Å². The first-order chi connectivity index (χ1) is 10.9. The van der Waals surface area contributed by atoms with Crippen LogP contribution in [0.5, 0.6) is 11.5 Å². The fraction of sp³-hybridized carbons (Fsp3) is 0.111. The minimum Gasteiger partial charge on any atom is -0.445 e. The van der Waals surface area contributed by atoms with E-state index in [4.69, 9.17) is 15.2 Å². The van der Waals surface area contributed by atoms with E-state index in [-0.39, 0.29) is 5.82 Å². The van der Waals surface area contributed by atoms with Crippen molar-refractivity contribution in [2.45, 2.75) is 12.7 Å². The van der Waals surface area contributed by atoms with Gasteiger partial charge in [0.05, 0.1) is 0 Å². The summed E-state index contributed by atoms with van der Waals surface area (Å²) in [5.41, 5.74) is 7.35. The lowest BCUT2D eigenvalue weighted by Gasteiger charge is -2.23. The standard InChI is InChI=1S/C18H13BrFNO2/c1-18(12-2-4-13(20)5-3-12)22-16-8-10-6-14(19)15(21)7-11(10)9-17(16)23-18/h2-9H,21H2,1H3. The minimum atomic E-state index is -0.976. The largest absolute Gasteiger partial charge is 0.445 e. The summed E-state index contributed by atoms with van der Waals surface area (Å²) < 4.78 is 26.0. The SMILES string of the molecule is CC1(c2ccc(F)cc2)Oc2cc3cc(N)c(Br)cc3cc2O1. The van der Waals surface area contributed by atoms with Crippen LogP contribution in [-0.4, -0.2) is 0 Å². The fourth-order valence-electron chi connectivity index (χ4n) is 2.77. The van der Waals surface area contributed by atoms with Crippen molar-refractivity contribution in [1.82, 2.24) is 0 Å². The van der Waals surface area contributed by atoms with E-state index in [1.54, 1.807) is 12.1 Å². The summed E-state index contributed by atoms with van der Waals surface area (Å²) >= 11 is 3.43. The number of hydrogen-bond acceptors (Lipinski definition) is 3. The predicted molar refractivity (Wildman–Crippen MR) is 91.1 cm³/mol. The van der Waals surface area contributed by atoms with E-state index >= 15 is 0 Å². The van der Waals surface area contributed by atoms with Crippen LogP contribution in [0.25, 0.3) is 10.8 Å². The first-order valence-corrected chi connectivity index (χ1v) is 7.91. The molecular weight excluding hydrogens is 361 g/mol. The minimum absolute atomic E-state index is 0.293. The Morgan fingerprint density at radius 1 is 0.957 bits per heavy atom.